The molecule has 0 aromatic carbocycles. The third-order valence-electron chi connectivity index (χ3n) is 1.40. The topological polar surface area (TPSA) is 52.0 Å². The van der Waals surface area contributed by atoms with E-state index in [4.69, 9.17) is 10.2 Å². The number of aromatic nitrogens is 1. The van der Waals surface area contributed by atoms with Gasteiger partial charge in [0, 0.05) is 11.8 Å². The van der Waals surface area contributed by atoms with E-state index in [9.17, 15) is 0 Å². The lowest BCUT2D eigenvalue weighted by Gasteiger charge is -2.00. The molecule has 1 unspecified atom stereocenters. The van der Waals surface area contributed by atoms with Crippen LogP contribution in [0.15, 0.2) is 15.9 Å². The van der Waals surface area contributed by atoms with Crippen LogP contribution in [0.4, 0.5) is 0 Å². The van der Waals surface area contributed by atoms with Crippen molar-refractivity contribution in [2.45, 2.75) is 31.5 Å². The maximum Gasteiger partial charge on any atom is 0.255 e. The Kier molecular flexibility index (Phi) is 3.62. The van der Waals surface area contributed by atoms with Gasteiger partial charge in [-0.15, -0.1) is 0 Å². The van der Waals surface area contributed by atoms with Crippen molar-refractivity contribution < 1.29 is 4.42 Å². The highest BCUT2D eigenvalue weighted by molar-refractivity contribution is 7.99. The number of hydrogen-bond acceptors (Lipinski definition) is 4. The molecule has 1 atom stereocenters. The molecule has 1 rings (SSSR count). The second-order valence-corrected chi connectivity index (χ2v) is 3.92. The van der Waals surface area contributed by atoms with E-state index in [1.807, 2.05) is 13.8 Å². The smallest absolute Gasteiger partial charge is 0.255 e. The first-order valence-electron chi connectivity index (χ1n) is 3.99. The molecule has 12 heavy (non-hydrogen) atoms. The molecule has 2 N–H and O–H groups in total. The fourth-order valence-electron chi connectivity index (χ4n) is 0.731. The van der Waals surface area contributed by atoms with Gasteiger partial charge in [0.25, 0.3) is 5.22 Å². The van der Waals surface area contributed by atoms with Crippen LogP contribution in [0.3, 0.4) is 0 Å². The van der Waals surface area contributed by atoms with Gasteiger partial charge in [0.05, 0.1) is 5.69 Å². The minimum Gasteiger partial charge on any atom is -0.440 e. The van der Waals surface area contributed by atoms with Gasteiger partial charge in [-0.2, -0.15) is 0 Å². The molecule has 4 heteroatoms. The molecule has 0 saturated carbocycles. The second-order valence-electron chi connectivity index (χ2n) is 2.87. The van der Waals surface area contributed by atoms with E-state index in [-0.39, 0.29) is 6.04 Å². The lowest BCUT2D eigenvalue weighted by molar-refractivity contribution is 0.453. The van der Waals surface area contributed by atoms with Crippen LogP contribution in [-0.2, 0) is 0 Å². The highest BCUT2D eigenvalue weighted by atomic mass is 32.2. The van der Waals surface area contributed by atoms with Crippen molar-refractivity contribution in [3.05, 3.63) is 12.0 Å². The van der Waals surface area contributed by atoms with Crippen LogP contribution >= 0.6 is 11.8 Å². The van der Waals surface area contributed by atoms with E-state index >= 15 is 0 Å². The Morgan fingerprint density at radius 3 is 3.00 bits per heavy atom. The van der Waals surface area contributed by atoms with Crippen LogP contribution in [0.2, 0.25) is 0 Å². The van der Waals surface area contributed by atoms with Gasteiger partial charge in [-0.05, 0) is 20.3 Å². The standard InChI is InChI=1S/C8H14N2OS/c1-6(9)3-4-12-8-10-7(2)5-11-8/h5-6H,3-4,9H2,1-2H3. The predicted octanol–water partition coefficient (Wildman–Crippen LogP) is 1.81. The van der Waals surface area contributed by atoms with Crippen molar-refractivity contribution in [2.24, 2.45) is 5.73 Å². The van der Waals surface area contributed by atoms with Crippen molar-refractivity contribution in [3.63, 3.8) is 0 Å². The molecule has 0 radical (unpaired) electrons. The SMILES string of the molecule is Cc1coc(SCCC(C)N)n1. The molecule has 3 nitrogen and oxygen atoms in total. The van der Waals surface area contributed by atoms with Crippen molar-refractivity contribution in [2.75, 3.05) is 5.75 Å². The maximum atomic E-state index is 5.60. The van der Waals surface area contributed by atoms with Gasteiger partial charge in [-0.25, -0.2) is 4.98 Å². The van der Waals surface area contributed by atoms with E-state index in [0.29, 0.717) is 0 Å². The molecular formula is C8H14N2OS. The fraction of sp³-hybridized carbons (Fsp3) is 0.625. The zero-order chi connectivity index (χ0) is 8.97. The minimum atomic E-state index is 0.258. The number of thioether (sulfide) groups is 1. The highest BCUT2D eigenvalue weighted by Crippen LogP contribution is 2.17. The van der Waals surface area contributed by atoms with Crippen molar-refractivity contribution in [3.8, 4) is 0 Å². The van der Waals surface area contributed by atoms with Gasteiger partial charge in [-0.3, -0.25) is 0 Å². The monoisotopic (exact) mass is 186 g/mol. The van der Waals surface area contributed by atoms with Crippen LogP contribution in [0.5, 0.6) is 0 Å². The van der Waals surface area contributed by atoms with Gasteiger partial charge in [-0.1, -0.05) is 11.8 Å². The summed E-state index contributed by atoms with van der Waals surface area (Å²) in [5, 5.41) is 0.744. The van der Waals surface area contributed by atoms with Crippen LogP contribution in [0.1, 0.15) is 19.0 Å². The number of aryl methyl sites for hydroxylation is 1. The fourth-order valence-corrected chi connectivity index (χ4v) is 1.72. The average molecular weight is 186 g/mol. The van der Waals surface area contributed by atoms with Gasteiger partial charge >= 0.3 is 0 Å². The summed E-state index contributed by atoms with van der Waals surface area (Å²) in [6.45, 7) is 3.92. The Bertz CT molecular complexity index is 235. The third-order valence-corrected chi connectivity index (χ3v) is 2.27. The Morgan fingerprint density at radius 2 is 2.50 bits per heavy atom. The summed E-state index contributed by atoms with van der Waals surface area (Å²) in [6.07, 6.45) is 2.65. The molecule has 0 amide bonds. The molecular weight excluding hydrogens is 172 g/mol. The summed E-state index contributed by atoms with van der Waals surface area (Å²) in [5.74, 6) is 0.970. The van der Waals surface area contributed by atoms with Crippen LogP contribution < -0.4 is 5.73 Å². The number of nitrogens with zero attached hydrogens (tertiary/aromatic N) is 1. The molecule has 0 fully saturated rings. The van der Waals surface area contributed by atoms with Gasteiger partial charge in [0.15, 0.2) is 0 Å². The summed E-state index contributed by atoms with van der Waals surface area (Å²) >= 11 is 1.61. The van der Waals surface area contributed by atoms with Crippen molar-refractivity contribution >= 4 is 11.8 Å². The number of oxazole rings is 1. The van der Waals surface area contributed by atoms with E-state index in [1.54, 1.807) is 18.0 Å². The van der Waals surface area contributed by atoms with E-state index in [2.05, 4.69) is 4.98 Å². The summed E-state index contributed by atoms with van der Waals surface area (Å²) < 4.78 is 5.16. The van der Waals surface area contributed by atoms with E-state index < -0.39 is 0 Å². The lowest BCUT2D eigenvalue weighted by atomic mass is 10.3. The zero-order valence-electron chi connectivity index (χ0n) is 7.41. The molecule has 1 heterocycles. The van der Waals surface area contributed by atoms with Crippen molar-refractivity contribution in [1.29, 1.82) is 0 Å². The van der Waals surface area contributed by atoms with Crippen LogP contribution in [0.25, 0.3) is 0 Å². The van der Waals surface area contributed by atoms with Crippen LogP contribution in [0, 0.1) is 6.92 Å². The predicted molar refractivity (Wildman–Crippen MR) is 50.2 cm³/mol. The van der Waals surface area contributed by atoms with Gasteiger partial charge in [0.2, 0.25) is 0 Å². The summed E-state index contributed by atoms with van der Waals surface area (Å²) in [6, 6.07) is 0.258. The molecule has 0 aliphatic carbocycles. The van der Waals surface area contributed by atoms with Gasteiger partial charge in [0.1, 0.15) is 6.26 Å². The minimum absolute atomic E-state index is 0.258. The summed E-state index contributed by atoms with van der Waals surface area (Å²) in [7, 11) is 0. The zero-order valence-corrected chi connectivity index (χ0v) is 8.23. The number of rotatable bonds is 4. The Morgan fingerprint density at radius 1 is 1.75 bits per heavy atom. The first-order valence-corrected chi connectivity index (χ1v) is 4.97. The Balaban J connectivity index is 2.24. The Hall–Kier alpha value is -0.480. The summed E-state index contributed by atoms with van der Waals surface area (Å²) in [5.41, 5.74) is 6.53. The van der Waals surface area contributed by atoms with Gasteiger partial charge < -0.3 is 10.2 Å². The largest absolute Gasteiger partial charge is 0.440 e. The molecule has 1 aromatic heterocycles. The lowest BCUT2D eigenvalue weighted by Crippen LogP contribution is -2.15. The molecule has 0 aliphatic rings. The molecule has 68 valence electrons. The first kappa shape index (κ1) is 9.61. The normalized spacial score (nSPS) is 13.2. The van der Waals surface area contributed by atoms with Crippen LogP contribution in [-0.4, -0.2) is 16.8 Å². The maximum absolute atomic E-state index is 5.60. The first-order chi connectivity index (χ1) is 5.68. The summed E-state index contributed by atoms with van der Waals surface area (Å²) in [4.78, 5) is 4.16. The average Bonchev–Trinajstić information content (AvgIpc) is 2.35. The third kappa shape index (κ3) is 3.28. The molecule has 1 aromatic rings. The highest BCUT2D eigenvalue weighted by Gasteiger charge is 2.01. The van der Waals surface area contributed by atoms with E-state index in [0.717, 1.165) is 23.1 Å². The molecule has 0 spiro atoms. The molecule has 0 saturated heterocycles. The second kappa shape index (κ2) is 4.52. The number of hydrogen-bond donors (Lipinski definition) is 1. The quantitative estimate of drug-likeness (QED) is 0.729. The molecule has 0 aliphatic heterocycles. The Labute approximate surface area is 76.7 Å². The molecule has 0 bridgehead atoms. The van der Waals surface area contributed by atoms with Crippen molar-refractivity contribution in [1.82, 2.24) is 4.98 Å². The van der Waals surface area contributed by atoms with E-state index in [1.165, 1.54) is 0 Å². The number of nitrogens with two attached hydrogens (primary N) is 1.